The highest BCUT2D eigenvalue weighted by atomic mass is 19.1. The van der Waals surface area contributed by atoms with E-state index in [1.807, 2.05) is 0 Å². The van der Waals surface area contributed by atoms with Gasteiger partial charge in [0.2, 0.25) is 5.88 Å². The number of carbonyl (C=O) groups is 1. The Balaban J connectivity index is 1.31. The van der Waals surface area contributed by atoms with Gasteiger partial charge in [0.05, 0.1) is 30.9 Å². The van der Waals surface area contributed by atoms with E-state index in [4.69, 9.17) is 18.6 Å². The van der Waals surface area contributed by atoms with Gasteiger partial charge in [-0.3, -0.25) is 10.3 Å². The number of halogens is 1. The van der Waals surface area contributed by atoms with Gasteiger partial charge >= 0.3 is 6.09 Å². The molecule has 0 aliphatic rings. The Morgan fingerprint density at radius 1 is 1.13 bits per heavy atom. The van der Waals surface area contributed by atoms with E-state index in [-0.39, 0.29) is 25.6 Å². The average Bonchev–Trinajstić information content (AvgIpc) is 3.32. The maximum atomic E-state index is 14.7. The maximum absolute atomic E-state index is 14.7. The normalized spacial score (nSPS) is 11.1. The number of nitrogens with zero attached hydrogens (tertiary/aromatic N) is 3. The van der Waals surface area contributed by atoms with E-state index in [2.05, 4.69) is 20.3 Å². The number of amides is 1. The highest BCUT2D eigenvalue weighted by Crippen LogP contribution is 2.35. The van der Waals surface area contributed by atoms with E-state index < -0.39 is 11.9 Å². The van der Waals surface area contributed by atoms with E-state index >= 15 is 0 Å². The first kappa shape index (κ1) is 24.9. The number of aromatic nitrogens is 3. The molecule has 0 fully saturated rings. The van der Waals surface area contributed by atoms with Gasteiger partial charge in [-0.25, -0.2) is 19.2 Å². The molecule has 3 heterocycles. The van der Waals surface area contributed by atoms with Crippen molar-refractivity contribution in [1.29, 1.82) is 0 Å². The molecule has 0 saturated heterocycles. The number of hydrogen-bond acceptors (Lipinski definition) is 9. The van der Waals surface area contributed by atoms with Gasteiger partial charge in [0, 0.05) is 34.6 Å². The van der Waals surface area contributed by atoms with Gasteiger partial charge in [-0.2, -0.15) is 0 Å². The minimum atomic E-state index is -0.660. The zero-order chi connectivity index (χ0) is 26.6. The molecule has 0 bridgehead atoms. The number of aliphatic hydroxyl groups is 1. The molecule has 5 aromatic rings. The molecule has 3 aromatic heterocycles. The molecule has 2 aromatic carbocycles. The van der Waals surface area contributed by atoms with Crippen molar-refractivity contribution in [2.45, 2.75) is 13.5 Å². The summed E-state index contributed by atoms with van der Waals surface area (Å²) in [5, 5.41) is 12.9. The van der Waals surface area contributed by atoms with Crippen molar-refractivity contribution in [3.05, 3.63) is 71.9 Å². The van der Waals surface area contributed by atoms with Crippen molar-refractivity contribution in [3.63, 3.8) is 0 Å². The number of rotatable bonds is 8. The molecule has 0 radical (unpaired) electrons. The van der Waals surface area contributed by atoms with Crippen LogP contribution in [0.25, 0.3) is 33.3 Å². The lowest BCUT2D eigenvalue weighted by Gasteiger charge is -2.09. The molecule has 11 heteroatoms. The number of fused-ring (bicyclic) bond motifs is 2. The molecule has 10 nitrogen and oxygen atoms in total. The molecule has 2 N–H and O–H groups in total. The number of furan rings is 1. The van der Waals surface area contributed by atoms with Crippen LogP contribution in [-0.2, 0) is 11.3 Å². The molecule has 0 atom stereocenters. The highest BCUT2D eigenvalue weighted by molar-refractivity contribution is 5.94. The van der Waals surface area contributed by atoms with Gasteiger partial charge in [0.25, 0.3) is 0 Å². The molecule has 0 aliphatic carbocycles. The lowest BCUT2D eigenvalue weighted by Crippen LogP contribution is -2.18. The highest BCUT2D eigenvalue weighted by Gasteiger charge is 2.16. The Labute approximate surface area is 216 Å². The van der Waals surface area contributed by atoms with Gasteiger partial charge in [0.15, 0.2) is 11.6 Å². The summed E-state index contributed by atoms with van der Waals surface area (Å²) in [6.45, 7) is 1.44. The van der Waals surface area contributed by atoms with Crippen molar-refractivity contribution in [1.82, 2.24) is 15.0 Å². The number of aliphatic hydroxyl groups excluding tert-OH is 1. The summed E-state index contributed by atoms with van der Waals surface area (Å²) in [4.78, 5) is 24.8. The van der Waals surface area contributed by atoms with Crippen LogP contribution >= 0.6 is 0 Å². The quantitative estimate of drug-likeness (QED) is 0.272. The zero-order valence-electron chi connectivity index (χ0n) is 20.5. The molecule has 0 saturated carbocycles. The topological polar surface area (TPSA) is 129 Å². The van der Waals surface area contributed by atoms with E-state index in [1.54, 1.807) is 43.5 Å². The first-order valence-electron chi connectivity index (χ1n) is 11.6. The molecule has 194 valence electrons. The fraction of sp³-hybridized carbons (Fsp3) is 0.185. The number of ether oxygens (including phenoxy) is 3. The van der Waals surface area contributed by atoms with Crippen molar-refractivity contribution in [3.8, 4) is 23.0 Å². The zero-order valence-corrected chi connectivity index (χ0v) is 20.5. The summed E-state index contributed by atoms with van der Waals surface area (Å²) in [6.07, 6.45) is 2.40. The fourth-order valence-corrected chi connectivity index (χ4v) is 3.89. The van der Waals surface area contributed by atoms with E-state index in [0.29, 0.717) is 50.5 Å². The number of nitrogens with one attached hydrogen (secondary N) is 1. The molecule has 0 aliphatic heterocycles. The Hall–Kier alpha value is -4.77. The van der Waals surface area contributed by atoms with Gasteiger partial charge in [-0.15, -0.1) is 0 Å². The van der Waals surface area contributed by atoms with Crippen LogP contribution in [0.2, 0.25) is 0 Å². The van der Waals surface area contributed by atoms with Gasteiger partial charge in [-0.1, -0.05) is 0 Å². The van der Waals surface area contributed by atoms with Gasteiger partial charge in [0.1, 0.15) is 24.6 Å². The van der Waals surface area contributed by atoms with Crippen LogP contribution in [0.15, 0.2) is 59.3 Å². The molecule has 1 amide bonds. The monoisotopic (exact) mass is 518 g/mol. The lowest BCUT2D eigenvalue weighted by atomic mass is 10.1. The molecule has 38 heavy (non-hydrogen) atoms. The summed E-state index contributed by atoms with van der Waals surface area (Å²) in [5.74, 6) is 0.106. The minimum Gasteiger partial charge on any atom is -0.487 e. The second-order valence-corrected chi connectivity index (χ2v) is 8.31. The van der Waals surface area contributed by atoms with E-state index in [0.717, 1.165) is 5.69 Å². The third-order valence-electron chi connectivity index (χ3n) is 5.63. The average molecular weight is 519 g/mol. The van der Waals surface area contributed by atoms with E-state index in [9.17, 15) is 14.3 Å². The first-order valence-corrected chi connectivity index (χ1v) is 11.6. The molecular weight excluding hydrogens is 495 g/mol. The number of aryl methyl sites for hydroxylation is 1. The van der Waals surface area contributed by atoms with Crippen LogP contribution in [0.3, 0.4) is 0 Å². The Morgan fingerprint density at radius 2 is 2.00 bits per heavy atom. The van der Waals surface area contributed by atoms with Crippen LogP contribution in [-0.4, -0.2) is 46.5 Å². The van der Waals surface area contributed by atoms with Crippen LogP contribution in [0.4, 0.5) is 14.9 Å². The number of pyridine rings is 1. The summed E-state index contributed by atoms with van der Waals surface area (Å²) < 4.78 is 36.4. The number of anilines is 1. The minimum absolute atomic E-state index is 0.0166. The summed E-state index contributed by atoms with van der Waals surface area (Å²) in [7, 11) is 1.49. The number of methoxy groups -OCH3 is 1. The number of benzene rings is 2. The van der Waals surface area contributed by atoms with Crippen molar-refractivity contribution < 1.29 is 32.9 Å². The smallest absolute Gasteiger partial charge is 0.411 e. The second kappa shape index (κ2) is 10.7. The Morgan fingerprint density at radius 3 is 2.79 bits per heavy atom. The predicted molar refractivity (Wildman–Crippen MR) is 137 cm³/mol. The SMILES string of the molecule is COc1cnc2c(-c3cc4cc(OCCOC(=O)Nc5ccnc(C)c5)c(F)cc4o3)cc(CO)cc2n1. The van der Waals surface area contributed by atoms with Crippen LogP contribution in [0, 0.1) is 12.7 Å². The van der Waals surface area contributed by atoms with E-state index in [1.165, 1.54) is 25.4 Å². The Kier molecular flexibility index (Phi) is 7.00. The third-order valence-corrected chi connectivity index (χ3v) is 5.63. The maximum Gasteiger partial charge on any atom is 0.411 e. The number of hydrogen-bond donors (Lipinski definition) is 2. The van der Waals surface area contributed by atoms with Gasteiger partial charge in [-0.05, 0) is 48.9 Å². The fourth-order valence-electron chi connectivity index (χ4n) is 3.89. The standard InChI is InChI=1S/C27H23FN4O6/c1-15-7-18(3-4-29-15)31-27(34)37-6-5-36-24-11-17-10-23(38-22(17)12-20(24)28)19-8-16(14-33)9-21-26(19)30-13-25(32-21)35-2/h3-4,7-13,33H,5-6,14H2,1-2H3,(H,29,31,34). The predicted octanol–water partition coefficient (Wildman–Crippen LogP) is 5.01. The molecule has 0 unspecified atom stereocenters. The van der Waals surface area contributed by atoms with Crippen molar-refractivity contribution >= 4 is 33.8 Å². The molecular formula is C27H23FN4O6. The Bertz CT molecular complexity index is 1630. The van der Waals surface area contributed by atoms with Crippen LogP contribution < -0.4 is 14.8 Å². The van der Waals surface area contributed by atoms with Crippen molar-refractivity contribution in [2.24, 2.45) is 0 Å². The molecule has 5 rings (SSSR count). The first-order chi connectivity index (χ1) is 18.4. The van der Waals surface area contributed by atoms with Gasteiger partial charge < -0.3 is 23.7 Å². The lowest BCUT2D eigenvalue weighted by molar-refractivity contribution is 0.136. The van der Waals surface area contributed by atoms with Crippen LogP contribution in [0.1, 0.15) is 11.3 Å². The summed E-state index contributed by atoms with van der Waals surface area (Å²) in [6, 6.07) is 11.2. The number of carbonyl (C=O) groups excluding carboxylic acids is 1. The second-order valence-electron chi connectivity index (χ2n) is 8.31. The molecule has 0 spiro atoms. The summed E-state index contributed by atoms with van der Waals surface area (Å²) >= 11 is 0. The largest absolute Gasteiger partial charge is 0.487 e. The van der Waals surface area contributed by atoms with Crippen molar-refractivity contribution in [2.75, 3.05) is 25.6 Å². The summed E-state index contributed by atoms with van der Waals surface area (Å²) in [5.41, 5.74) is 3.86. The third kappa shape index (κ3) is 5.32. The van der Waals surface area contributed by atoms with Crippen LogP contribution in [0.5, 0.6) is 11.6 Å².